The van der Waals surface area contributed by atoms with E-state index in [0.29, 0.717) is 22.5 Å². The summed E-state index contributed by atoms with van der Waals surface area (Å²) in [5.74, 6) is 2.33. The standard InChI is InChI=1S/C20H22ClN5O2.O2S/c1-12-5-7-16(18(9-12)28-4)25-20-23-11-14(21)19(26-20)24-15-8-6-13(27-3)10-17(15)22-2;1-3-2/h5-11,22H,1-4H3,(H2,23,24,25,26);. The lowest BCUT2D eigenvalue weighted by Crippen LogP contribution is -2.04. The molecule has 9 nitrogen and oxygen atoms in total. The minimum absolute atomic E-state index is 0.397. The molecule has 31 heavy (non-hydrogen) atoms. The van der Waals surface area contributed by atoms with Gasteiger partial charge in [0.25, 0.3) is 0 Å². The number of nitrogens with one attached hydrogen (secondary N) is 3. The number of hydrogen-bond donors (Lipinski definition) is 3. The van der Waals surface area contributed by atoms with Gasteiger partial charge in [0.1, 0.15) is 16.5 Å². The van der Waals surface area contributed by atoms with Crippen LogP contribution in [0.15, 0.2) is 42.6 Å². The number of hydrogen-bond acceptors (Lipinski definition) is 9. The molecule has 0 saturated heterocycles. The van der Waals surface area contributed by atoms with Crippen LogP contribution in [0.25, 0.3) is 0 Å². The Kier molecular flexibility index (Phi) is 9.04. The predicted molar refractivity (Wildman–Crippen MR) is 123 cm³/mol. The molecule has 3 rings (SSSR count). The van der Waals surface area contributed by atoms with E-state index in [9.17, 15) is 0 Å². The fourth-order valence-electron chi connectivity index (χ4n) is 2.63. The molecule has 164 valence electrons. The van der Waals surface area contributed by atoms with Gasteiger partial charge in [0.15, 0.2) is 5.82 Å². The van der Waals surface area contributed by atoms with Gasteiger partial charge in [0.2, 0.25) is 5.95 Å². The molecule has 0 saturated carbocycles. The number of methoxy groups -OCH3 is 2. The minimum atomic E-state index is -0.750. The Bertz CT molecular complexity index is 1080. The van der Waals surface area contributed by atoms with Crippen LogP contribution < -0.4 is 25.4 Å². The van der Waals surface area contributed by atoms with Crippen LogP contribution in [-0.4, -0.2) is 39.7 Å². The Morgan fingerprint density at radius 1 is 0.968 bits per heavy atom. The van der Waals surface area contributed by atoms with Crippen molar-refractivity contribution in [1.29, 1.82) is 0 Å². The van der Waals surface area contributed by atoms with Crippen LogP contribution >= 0.6 is 11.6 Å². The van der Waals surface area contributed by atoms with E-state index in [1.165, 1.54) is 0 Å². The fraction of sp³-hybridized carbons (Fsp3) is 0.200. The van der Waals surface area contributed by atoms with Crippen LogP contribution in [0.1, 0.15) is 5.56 Å². The van der Waals surface area contributed by atoms with Crippen LogP contribution in [0.5, 0.6) is 11.5 Å². The van der Waals surface area contributed by atoms with Crippen molar-refractivity contribution in [2.45, 2.75) is 6.92 Å². The van der Waals surface area contributed by atoms with Crippen LogP contribution in [0.2, 0.25) is 5.02 Å². The first-order chi connectivity index (χ1) is 14.9. The first kappa shape index (κ1) is 23.9. The Balaban J connectivity index is 0.00000107. The van der Waals surface area contributed by atoms with E-state index >= 15 is 0 Å². The zero-order valence-corrected chi connectivity index (χ0v) is 18.9. The molecule has 0 aliphatic carbocycles. The van der Waals surface area contributed by atoms with Gasteiger partial charge in [0.05, 0.1) is 37.5 Å². The van der Waals surface area contributed by atoms with Gasteiger partial charge in [-0.05, 0) is 36.8 Å². The Hall–Kier alpha value is -3.37. The molecule has 3 aromatic rings. The summed E-state index contributed by atoms with van der Waals surface area (Å²) in [6, 6.07) is 11.5. The van der Waals surface area contributed by atoms with Crippen LogP contribution in [0.3, 0.4) is 0 Å². The molecule has 0 spiro atoms. The summed E-state index contributed by atoms with van der Waals surface area (Å²) in [6.45, 7) is 2.00. The molecule has 0 aliphatic heterocycles. The number of nitrogens with zero attached hydrogens (tertiary/aromatic N) is 2. The molecule has 0 unspecified atom stereocenters. The third-order valence-electron chi connectivity index (χ3n) is 4.10. The summed E-state index contributed by atoms with van der Waals surface area (Å²) in [5, 5.41) is 9.93. The zero-order valence-electron chi connectivity index (χ0n) is 17.4. The summed E-state index contributed by atoms with van der Waals surface area (Å²) in [7, 11) is 5.08. The lowest BCUT2D eigenvalue weighted by molar-refractivity contribution is 0.415. The van der Waals surface area contributed by atoms with Crippen LogP contribution in [0, 0.1) is 6.92 Å². The molecule has 0 fully saturated rings. The topological polar surface area (TPSA) is 114 Å². The van der Waals surface area contributed by atoms with E-state index in [4.69, 9.17) is 29.5 Å². The summed E-state index contributed by atoms with van der Waals surface area (Å²) in [4.78, 5) is 8.76. The maximum absolute atomic E-state index is 8.29. The van der Waals surface area contributed by atoms with Gasteiger partial charge in [-0.3, -0.25) is 0 Å². The normalized spacial score (nSPS) is 9.71. The summed E-state index contributed by atoms with van der Waals surface area (Å²) >= 11 is 5.55. The molecule has 2 aromatic carbocycles. The van der Waals surface area contributed by atoms with Gasteiger partial charge in [-0.1, -0.05) is 17.7 Å². The molecule has 1 aromatic heterocycles. The number of anilines is 5. The second-order valence-corrected chi connectivity index (χ2v) is 6.62. The molecule has 1 heterocycles. The van der Waals surface area contributed by atoms with E-state index in [2.05, 4.69) is 25.9 Å². The second kappa shape index (κ2) is 11.7. The predicted octanol–water partition coefficient (Wildman–Crippen LogP) is 4.31. The molecule has 0 amide bonds. The Labute approximate surface area is 188 Å². The maximum atomic E-state index is 8.29. The van der Waals surface area contributed by atoms with Crippen molar-refractivity contribution in [3.63, 3.8) is 0 Å². The van der Waals surface area contributed by atoms with Gasteiger partial charge in [-0.2, -0.15) is 13.4 Å². The van der Waals surface area contributed by atoms with Crippen molar-refractivity contribution in [3.8, 4) is 11.5 Å². The number of aromatic nitrogens is 2. The zero-order chi connectivity index (χ0) is 22.8. The summed E-state index contributed by atoms with van der Waals surface area (Å²) in [6.07, 6.45) is 1.54. The number of rotatable bonds is 7. The number of benzene rings is 2. The van der Waals surface area contributed by atoms with Crippen LogP contribution in [0.4, 0.5) is 28.8 Å². The van der Waals surface area contributed by atoms with Gasteiger partial charge in [-0.25, -0.2) is 4.98 Å². The summed E-state index contributed by atoms with van der Waals surface area (Å²) < 4.78 is 27.3. The number of ether oxygens (including phenoxy) is 2. The highest BCUT2D eigenvalue weighted by atomic mass is 35.5. The van der Waals surface area contributed by atoms with Crippen molar-refractivity contribution >= 4 is 52.0 Å². The average Bonchev–Trinajstić information content (AvgIpc) is 2.78. The fourth-order valence-corrected chi connectivity index (χ4v) is 2.77. The van der Waals surface area contributed by atoms with Crippen molar-refractivity contribution in [3.05, 3.63) is 53.2 Å². The van der Waals surface area contributed by atoms with Gasteiger partial charge >= 0.3 is 11.6 Å². The summed E-state index contributed by atoms with van der Waals surface area (Å²) in [5.41, 5.74) is 3.52. The van der Waals surface area contributed by atoms with Gasteiger partial charge in [0, 0.05) is 13.1 Å². The third kappa shape index (κ3) is 6.56. The second-order valence-electron chi connectivity index (χ2n) is 6.07. The first-order valence-electron chi connectivity index (χ1n) is 8.94. The molecule has 0 bridgehead atoms. The van der Waals surface area contributed by atoms with Crippen molar-refractivity contribution < 1.29 is 17.9 Å². The van der Waals surface area contributed by atoms with E-state index in [-0.39, 0.29) is 0 Å². The number of aryl methyl sites for hydroxylation is 1. The van der Waals surface area contributed by atoms with E-state index in [1.54, 1.807) is 20.4 Å². The van der Waals surface area contributed by atoms with E-state index in [1.807, 2.05) is 50.4 Å². The van der Waals surface area contributed by atoms with E-state index in [0.717, 1.165) is 28.4 Å². The molecular formula is C20H22ClN5O4S. The first-order valence-corrected chi connectivity index (χ1v) is 9.99. The van der Waals surface area contributed by atoms with Crippen LogP contribution in [-0.2, 0) is 11.6 Å². The quantitative estimate of drug-likeness (QED) is 0.471. The highest BCUT2D eigenvalue weighted by molar-refractivity contribution is 7.51. The maximum Gasteiger partial charge on any atom is 0.335 e. The minimum Gasteiger partial charge on any atom is -0.497 e. The molecule has 3 N–H and O–H groups in total. The third-order valence-corrected chi connectivity index (χ3v) is 4.37. The van der Waals surface area contributed by atoms with Crippen molar-refractivity contribution in [2.24, 2.45) is 0 Å². The van der Waals surface area contributed by atoms with Gasteiger partial charge < -0.3 is 25.4 Å². The van der Waals surface area contributed by atoms with Gasteiger partial charge in [-0.15, -0.1) is 0 Å². The molecular weight excluding hydrogens is 442 g/mol. The lowest BCUT2D eigenvalue weighted by Gasteiger charge is -2.15. The van der Waals surface area contributed by atoms with Crippen molar-refractivity contribution in [2.75, 3.05) is 37.2 Å². The Morgan fingerprint density at radius 3 is 2.32 bits per heavy atom. The highest BCUT2D eigenvalue weighted by Crippen LogP contribution is 2.32. The van der Waals surface area contributed by atoms with Crippen molar-refractivity contribution in [1.82, 2.24) is 9.97 Å². The lowest BCUT2D eigenvalue weighted by atomic mass is 10.2. The molecule has 0 aliphatic rings. The highest BCUT2D eigenvalue weighted by Gasteiger charge is 2.11. The molecule has 0 atom stereocenters. The smallest absolute Gasteiger partial charge is 0.335 e. The Morgan fingerprint density at radius 2 is 1.68 bits per heavy atom. The SMILES string of the molecule is CNc1cc(OC)ccc1Nc1nc(Nc2ccc(C)cc2OC)ncc1Cl.O=S=O. The molecule has 0 radical (unpaired) electrons. The average molecular weight is 464 g/mol. The van der Waals surface area contributed by atoms with E-state index < -0.39 is 11.6 Å². The largest absolute Gasteiger partial charge is 0.497 e. The molecule has 11 heteroatoms. The number of halogens is 1. The monoisotopic (exact) mass is 463 g/mol.